The van der Waals surface area contributed by atoms with Crippen LogP contribution in [0.4, 0.5) is 5.00 Å². The number of esters is 1. The highest BCUT2D eigenvalue weighted by atomic mass is 32.1. The van der Waals surface area contributed by atoms with E-state index >= 15 is 0 Å². The van der Waals surface area contributed by atoms with Gasteiger partial charge < -0.3 is 4.74 Å². The van der Waals surface area contributed by atoms with Crippen molar-refractivity contribution in [3.63, 3.8) is 0 Å². The molecule has 0 spiro atoms. The molecule has 0 aromatic carbocycles. The van der Waals surface area contributed by atoms with Gasteiger partial charge in [0.05, 0.1) is 4.92 Å². The van der Waals surface area contributed by atoms with E-state index in [2.05, 4.69) is 4.99 Å². The van der Waals surface area contributed by atoms with E-state index < -0.39 is 10.9 Å². The molecule has 1 aromatic heterocycles. The fourth-order valence-electron chi connectivity index (χ4n) is 1.17. The summed E-state index contributed by atoms with van der Waals surface area (Å²) in [4.78, 5) is 25.6. The first-order valence-corrected chi connectivity index (χ1v) is 5.11. The zero-order chi connectivity index (χ0) is 11.7. The van der Waals surface area contributed by atoms with Gasteiger partial charge in [-0.25, -0.2) is 9.79 Å². The van der Waals surface area contributed by atoms with Gasteiger partial charge in [0.2, 0.25) is 0 Å². The number of nitro groups is 1. The number of aliphatic imine (C=N–C) groups is 1. The monoisotopic (exact) mass is 238 g/mol. The first kappa shape index (κ1) is 10.5. The van der Waals surface area contributed by atoms with Crippen molar-refractivity contribution in [3.05, 3.63) is 32.8 Å². The molecule has 0 fully saturated rings. The first-order chi connectivity index (χ1) is 7.56. The van der Waals surface area contributed by atoms with Crippen LogP contribution < -0.4 is 0 Å². The minimum Gasteiger partial charge on any atom is -0.407 e. The van der Waals surface area contributed by atoms with E-state index in [1.54, 1.807) is 13.0 Å². The van der Waals surface area contributed by atoms with E-state index in [-0.39, 0.29) is 16.6 Å². The second-order valence-corrected chi connectivity index (χ2v) is 4.08. The molecule has 1 aliphatic heterocycles. The lowest BCUT2D eigenvalue weighted by atomic mass is 10.3. The van der Waals surface area contributed by atoms with E-state index in [1.165, 1.54) is 12.1 Å². The van der Waals surface area contributed by atoms with Gasteiger partial charge in [0.1, 0.15) is 0 Å². The predicted octanol–water partition coefficient (Wildman–Crippen LogP) is 1.97. The van der Waals surface area contributed by atoms with Crippen LogP contribution in [0.15, 0.2) is 22.8 Å². The molecule has 82 valence electrons. The Morgan fingerprint density at radius 3 is 2.81 bits per heavy atom. The minimum atomic E-state index is -0.534. The number of ether oxygens (including phenoxy) is 1. The minimum absolute atomic E-state index is 0.0268. The lowest BCUT2D eigenvalue weighted by Crippen LogP contribution is -1.99. The van der Waals surface area contributed by atoms with Crippen molar-refractivity contribution in [3.8, 4) is 0 Å². The van der Waals surface area contributed by atoms with Crippen molar-refractivity contribution in [1.82, 2.24) is 0 Å². The Hall–Kier alpha value is -2.02. The van der Waals surface area contributed by atoms with E-state index in [1.807, 2.05) is 0 Å². The van der Waals surface area contributed by atoms with Gasteiger partial charge >= 0.3 is 11.0 Å². The smallest absolute Gasteiger partial charge is 0.363 e. The summed E-state index contributed by atoms with van der Waals surface area (Å²) < 4.78 is 4.71. The zero-order valence-electron chi connectivity index (χ0n) is 8.17. The molecular weight excluding hydrogens is 232 g/mol. The van der Waals surface area contributed by atoms with Crippen LogP contribution in [0.25, 0.3) is 6.08 Å². The summed E-state index contributed by atoms with van der Waals surface area (Å²) in [6, 6.07) is 2.94. The number of hydrogen-bond acceptors (Lipinski definition) is 6. The summed E-state index contributed by atoms with van der Waals surface area (Å²) in [6.45, 7) is 1.57. The summed E-state index contributed by atoms with van der Waals surface area (Å²) in [6.07, 6.45) is 1.47. The van der Waals surface area contributed by atoms with Crippen molar-refractivity contribution in [2.24, 2.45) is 4.99 Å². The van der Waals surface area contributed by atoms with Crippen LogP contribution in [-0.4, -0.2) is 16.8 Å². The first-order valence-electron chi connectivity index (χ1n) is 4.29. The maximum atomic E-state index is 11.2. The van der Waals surface area contributed by atoms with Gasteiger partial charge in [-0.1, -0.05) is 11.3 Å². The van der Waals surface area contributed by atoms with E-state index in [4.69, 9.17) is 4.74 Å². The highest BCUT2D eigenvalue weighted by Crippen LogP contribution is 2.27. The molecule has 0 atom stereocenters. The molecule has 1 aliphatic rings. The van der Waals surface area contributed by atoms with Crippen molar-refractivity contribution < 1.29 is 14.5 Å². The Labute approximate surface area is 94.0 Å². The van der Waals surface area contributed by atoms with Crippen LogP contribution >= 0.6 is 11.3 Å². The molecule has 6 nitrogen and oxygen atoms in total. The van der Waals surface area contributed by atoms with Crippen molar-refractivity contribution in [1.29, 1.82) is 0 Å². The normalized spacial score (nSPS) is 17.4. The highest BCUT2D eigenvalue weighted by Gasteiger charge is 2.20. The van der Waals surface area contributed by atoms with Crippen LogP contribution in [0, 0.1) is 10.1 Å². The van der Waals surface area contributed by atoms with Crippen LogP contribution in [0.5, 0.6) is 0 Å². The second-order valence-electron chi connectivity index (χ2n) is 2.98. The Morgan fingerprint density at radius 2 is 2.31 bits per heavy atom. The number of carbonyl (C=O) groups is 1. The molecule has 0 N–H and O–H groups in total. The van der Waals surface area contributed by atoms with Gasteiger partial charge in [-0.05, 0) is 12.1 Å². The van der Waals surface area contributed by atoms with Gasteiger partial charge in [-0.2, -0.15) is 0 Å². The third-order valence-corrected chi connectivity index (χ3v) is 2.78. The number of nitrogens with zero attached hydrogens (tertiary/aromatic N) is 2. The van der Waals surface area contributed by atoms with Crippen LogP contribution in [0.1, 0.15) is 11.8 Å². The van der Waals surface area contributed by atoms with Crippen LogP contribution in [0.2, 0.25) is 0 Å². The summed E-state index contributed by atoms with van der Waals surface area (Å²) in [5.74, 6) is -0.254. The Bertz CT molecular complexity index is 529. The zero-order valence-corrected chi connectivity index (χ0v) is 8.98. The fourth-order valence-corrected chi connectivity index (χ4v) is 1.93. The molecule has 0 radical (unpaired) electrons. The lowest BCUT2D eigenvalue weighted by Gasteiger charge is -1.88. The molecule has 0 amide bonds. The molecule has 0 aliphatic carbocycles. The SMILES string of the molecule is CC1=N/C(=C/c2ccc([N+](=O)[O-])s2)C(=O)O1. The number of carbonyl (C=O) groups excluding carboxylic acids is 1. The number of hydrogen-bond donors (Lipinski definition) is 0. The van der Waals surface area contributed by atoms with Gasteiger partial charge in [-0.15, -0.1) is 0 Å². The predicted molar refractivity (Wildman–Crippen MR) is 58.2 cm³/mol. The topological polar surface area (TPSA) is 81.8 Å². The van der Waals surface area contributed by atoms with Gasteiger partial charge in [0.25, 0.3) is 0 Å². The molecule has 2 heterocycles. The van der Waals surface area contributed by atoms with E-state index in [0.29, 0.717) is 4.88 Å². The van der Waals surface area contributed by atoms with Crippen LogP contribution in [0.3, 0.4) is 0 Å². The van der Waals surface area contributed by atoms with Gasteiger partial charge in [0, 0.05) is 17.9 Å². The van der Waals surface area contributed by atoms with Crippen molar-refractivity contribution in [2.75, 3.05) is 0 Å². The third-order valence-electron chi connectivity index (χ3n) is 1.80. The lowest BCUT2D eigenvalue weighted by molar-refractivity contribution is -0.380. The van der Waals surface area contributed by atoms with Crippen molar-refractivity contribution in [2.45, 2.75) is 6.92 Å². The third kappa shape index (κ3) is 1.98. The number of cyclic esters (lactones) is 1. The Morgan fingerprint density at radius 1 is 1.56 bits per heavy atom. The molecule has 0 saturated heterocycles. The fraction of sp³-hybridized carbons (Fsp3) is 0.111. The van der Waals surface area contributed by atoms with Gasteiger partial charge in [-0.3, -0.25) is 10.1 Å². The summed E-state index contributed by atoms with van der Waals surface area (Å²) in [5, 5.41) is 10.5. The molecule has 2 rings (SSSR count). The number of rotatable bonds is 2. The Balaban J connectivity index is 2.29. The molecule has 0 bridgehead atoms. The quantitative estimate of drug-likeness (QED) is 0.341. The average molecular weight is 238 g/mol. The maximum absolute atomic E-state index is 11.2. The summed E-state index contributed by atoms with van der Waals surface area (Å²) in [7, 11) is 0. The largest absolute Gasteiger partial charge is 0.407 e. The molecular formula is C9H6N2O4S. The van der Waals surface area contributed by atoms with Crippen molar-refractivity contribution >= 4 is 34.3 Å². The Kier molecular flexibility index (Phi) is 2.53. The summed E-state index contributed by atoms with van der Waals surface area (Å²) >= 11 is 0.979. The van der Waals surface area contributed by atoms with E-state index in [0.717, 1.165) is 11.3 Å². The maximum Gasteiger partial charge on any atom is 0.363 e. The summed E-state index contributed by atoms with van der Waals surface area (Å²) in [5.41, 5.74) is 0.161. The average Bonchev–Trinajstić information content (AvgIpc) is 2.75. The van der Waals surface area contributed by atoms with Crippen LogP contribution in [-0.2, 0) is 9.53 Å². The molecule has 7 heteroatoms. The molecule has 1 aromatic rings. The highest BCUT2D eigenvalue weighted by molar-refractivity contribution is 7.16. The second kappa shape index (κ2) is 3.86. The van der Waals surface area contributed by atoms with E-state index in [9.17, 15) is 14.9 Å². The molecule has 16 heavy (non-hydrogen) atoms. The number of thiophene rings is 1. The standard InChI is InChI=1S/C9H6N2O4S/c1-5-10-7(9(12)15-5)4-6-2-3-8(16-6)11(13)14/h2-4H,1H3/b7-4+. The molecule has 0 saturated carbocycles. The van der Waals surface area contributed by atoms with Gasteiger partial charge in [0.15, 0.2) is 11.6 Å². The molecule has 0 unspecified atom stereocenters.